The Hall–Kier alpha value is -3.15. The first-order valence-corrected chi connectivity index (χ1v) is 27.9. The zero-order valence-corrected chi connectivity index (χ0v) is 43.4. The predicted octanol–water partition coefficient (Wildman–Crippen LogP) is 18.6. The van der Waals surface area contributed by atoms with Gasteiger partial charge in [0, 0.05) is 19.3 Å². The average molecular weight is 921 g/mol. The van der Waals surface area contributed by atoms with Crippen molar-refractivity contribution in [3.05, 3.63) is 72.9 Å². The van der Waals surface area contributed by atoms with Crippen LogP contribution in [-0.4, -0.2) is 37.2 Å². The lowest BCUT2D eigenvalue weighted by Crippen LogP contribution is -2.30. The molecule has 0 aromatic carbocycles. The molecular weight excluding hydrogens is 817 g/mol. The molecule has 0 aliphatic heterocycles. The van der Waals surface area contributed by atoms with E-state index in [0.717, 1.165) is 109 Å². The molecule has 0 bridgehead atoms. The van der Waals surface area contributed by atoms with Crippen molar-refractivity contribution in [1.82, 2.24) is 0 Å². The van der Waals surface area contributed by atoms with Gasteiger partial charge in [0.25, 0.3) is 0 Å². The molecule has 0 aliphatic carbocycles. The van der Waals surface area contributed by atoms with E-state index in [1.165, 1.54) is 122 Å². The van der Waals surface area contributed by atoms with E-state index in [-0.39, 0.29) is 31.1 Å². The quantitative estimate of drug-likeness (QED) is 0.0262. The third kappa shape index (κ3) is 51.8. The molecule has 0 saturated carbocycles. The Morgan fingerprint density at radius 1 is 0.318 bits per heavy atom. The zero-order valence-electron chi connectivity index (χ0n) is 43.4. The number of carbonyl (C=O) groups is 3. The molecule has 0 spiro atoms. The van der Waals surface area contributed by atoms with Crippen LogP contribution in [0.3, 0.4) is 0 Å². The molecule has 0 aromatic rings. The molecule has 6 heteroatoms. The van der Waals surface area contributed by atoms with Gasteiger partial charge in [0.15, 0.2) is 6.10 Å². The van der Waals surface area contributed by atoms with Gasteiger partial charge in [-0.1, -0.05) is 241 Å². The third-order valence-corrected chi connectivity index (χ3v) is 12.0. The number of allylic oxidation sites excluding steroid dienone is 12. The highest BCUT2D eigenvalue weighted by Gasteiger charge is 2.19. The van der Waals surface area contributed by atoms with Crippen LogP contribution in [0.25, 0.3) is 0 Å². The van der Waals surface area contributed by atoms with E-state index in [0.29, 0.717) is 19.3 Å². The van der Waals surface area contributed by atoms with E-state index in [9.17, 15) is 14.4 Å². The molecule has 0 amide bonds. The molecule has 0 aromatic heterocycles. The highest BCUT2D eigenvalue weighted by atomic mass is 16.6. The second kappa shape index (κ2) is 54.5. The van der Waals surface area contributed by atoms with Gasteiger partial charge >= 0.3 is 17.9 Å². The van der Waals surface area contributed by atoms with Crippen molar-refractivity contribution < 1.29 is 28.6 Å². The van der Waals surface area contributed by atoms with E-state index in [4.69, 9.17) is 14.2 Å². The summed E-state index contributed by atoms with van der Waals surface area (Å²) in [5.74, 6) is -0.895. The predicted molar refractivity (Wildman–Crippen MR) is 284 cm³/mol. The maximum absolute atomic E-state index is 12.8. The summed E-state index contributed by atoms with van der Waals surface area (Å²) in [5, 5.41) is 0. The molecule has 0 radical (unpaired) electrons. The summed E-state index contributed by atoms with van der Waals surface area (Å²) in [4.78, 5) is 38.1. The second-order valence-electron chi connectivity index (χ2n) is 18.4. The Bertz CT molecular complexity index is 1240. The summed E-state index contributed by atoms with van der Waals surface area (Å²) in [7, 11) is 0. The summed E-state index contributed by atoms with van der Waals surface area (Å²) >= 11 is 0. The second-order valence-corrected chi connectivity index (χ2v) is 18.4. The van der Waals surface area contributed by atoms with E-state index in [1.54, 1.807) is 0 Å². The van der Waals surface area contributed by atoms with Crippen LogP contribution in [0.1, 0.15) is 271 Å². The Morgan fingerprint density at radius 2 is 0.591 bits per heavy atom. The molecule has 0 aliphatic rings. The zero-order chi connectivity index (χ0) is 47.9. The van der Waals surface area contributed by atoms with Gasteiger partial charge in [-0.25, -0.2) is 0 Å². The summed E-state index contributed by atoms with van der Waals surface area (Å²) in [6.45, 7) is 6.42. The monoisotopic (exact) mass is 921 g/mol. The first-order valence-electron chi connectivity index (χ1n) is 27.9. The van der Waals surface area contributed by atoms with E-state index >= 15 is 0 Å². The van der Waals surface area contributed by atoms with Crippen LogP contribution in [0, 0.1) is 0 Å². The van der Waals surface area contributed by atoms with Gasteiger partial charge in [-0.05, 0) is 83.5 Å². The molecule has 0 saturated heterocycles. The van der Waals surface area contributed by atoms with Gasteiger partial charge in [0.05, 0.1) is 0 Å². The maximum atomic E-state index is 12.8. The molecule has 6 nitrogen and oxygen atoms in total. The van der Waals surface area contributed by atoms with Crippen LogP contribution in [0.5, 0.6) is 0 Å². The Labute approximate surface area is 408 Å². The van der Waals surface area contributed by atoms with E-state index < -0.39 is 6.10 Å². The van der Waals surface area contributed by atoms with Crippen LogP contribution in [0.15, 0.2) is 72.9 Å². The molecule has 0 rings (SSSR count). The first kappa shape index (κ1) is 62.8. The Kier molecular flexibility index (Phi) is 51.9. The Balaban J connectivity index is 4.39. The van der Waals surface area contributed by atoms with Crippen molar-refractivity contribution in [3.63, 3.8) is 0 Å². The highest BCUT2D eigenvalue weighted by Crippen LogP contribution is 2.16. The first-order chi connectivity index (χ1) is 32.5. The number of esters is 3. The summed E-state index contributed by atoms with van der Waals surface area (Å²) in [6.07, 6.45) is 68.8. The molecule has 0 fully saturated rings. The lowest BCUT2D eigenvalue weighted by molar-refractivity contribution is -0.167. The van der Waals surface area contributed by atoms with Crippen molar-refractivity contribution in [3.8, 4) is 0 Å². The summed E-state index contributed by atoms with van der Waals surface area (Å²) in [6, 6.07) is 0. The largest absolute Gasteiger partial charge is 0.462 e. The Morgan fingerprint density at radius 3 is 0.924 bits per heavy atom. The highest BCUT2D eigenvalue weighted by molar-refractivity contribution is 5.71. The number of unbranched alkanes of at least 4 members (excludes halogenated alkanes) is 27. The average Bonchev–Trinajstić information content (AvgIpc) is 3.31. The van der Waals surface area contributed by atoms with Crippen molar-refractivity contribution in [2.45, 2.75) is 277 Å². The van der Waals surface area contributed by atoms with E-state index in [2.05, 4.69) is 93.7 Å². The van der Waals surface area contributed by atoms with Gasteiger partial charge in [0.1, 0.15) is 13.2 Å². The number of hydrogen-bond acceptors (Lipinski definition) is 6. The molecule has 0 heterocycles. The fourth-order valence-electron chi connectivity index (χ4n) is 7.82. The lowest BCUT2D eigenvalue weighted by atomic mass is 10.0. The summed E-state index contributed by atoms with van der Waals surface area (Å²) in [5.41, 5.74) is 0. The maximum Gasteiger partial charge on any atom is 0.306 e. The van der Waals surface area contributed by atoms with Gasteiger partial charge in [0.2, 0.25) is 0 Å². The SMILES string of the molecule is CC/C=C\C/C=C\C/C=C\C/C=C\CCCCCCCCC(=O)OCC(COC(=O)CCCCCCCCC/C=C\C/C=C\CC)OC(=O)CCCCCCCCCCCCCCCCC. The van der Waals surface area contributed by atoms with Crippen LogP contribution in [-0.2, 0) is 28.6 Å². The van der Waals surface area contributed by atoms with Crippen LogP contribution in [0.4, 0.5) is 0 Å². The molecule has 66 heavy (non-hydrogen) atoms. The molecule has 0 N–H and O–H groups in total. The minimum absolute atomic E-state index is 0.0824. The molecule has 380 valence electrons. The van der Waals surface area contributed by atoms with Crippen LogP contribution in [0.2, 0.25) is 0 Å². The minimum atomic E-state index is -0.783. The molecule has 1 unspecified atom stereocenters. The smallest absolute Gasteiger partial charge is 0.306 e. The molecular formula is C60H104O6. The topological polar surface area (TPSA) is 78.9 Å². The standard InChI is InChI=1S/C60H104O6/c1-4-7-10-13-16-19-22-25-28-29-30-31-33-35-38-41-44-47-50-53-59(62)65-56-57(55-64-58(61)52-49-46-43-40-37-34-27-24-21-18-15-12-9-6-3)66-60(63)54-51-48-45-42-39-36-32-26-23-20-17-14-11-8-5-2/h7,9-10,12,16,18-19,21,25,28,30-31,57H,4-6,8,11,13-15,17,20,22-24,26-27,29,32-56H2,1-3H3/b10-7-,12-9-,19-16-,21-18-,28-25-,31-30-. The normalized spacial score (nSPS) is 12.6. The van der Waals surface area contributed by atoms with Gasteiger partial charge < -0.3 is 14.2 Å². The van der Waals surface area contributed by atoms with Gasteiger partial charge in [-0.3, -0.25) is 14.4 Å². The van der Waals surface area contributed by atoms with Crippen molar-refractivity contribution in [1.29, 1.82) is 0 Å². The lowest BCUT2D eigenvalue weighted by Gasteiger charge is -2.18. The summed E-state index contributed by atoms with van der Waals surface area (Å²) < 4.78 is 16.8. The van der Waals surface area contributed by atoms with Crippen molar-refractivity contribution in [2.75, 3.05) is 13.2 Å². The number of ether oxygens (including phenoxy) is 3. The molecule has 1 atom stereocenters. The van der Waals surface area contributed by atoms with Gasteiger partial charge in [-0.2, -0.15) is 0 Å². The van der Waals surface area contributed by atoms with Crippen molar-refractivity contribution in [2.24, 2.45) is 0 Å². The third-order valence-electron chi connectivity index (χ3n) is 12.0. The number of hydrogen-bond donors (Lipinski definition) is 0. The van der Waals surface area contributed by atoms with E-state index in [1.807, 2.05) is 0 Å². The van der Waals surface area contributed by atoms with Crippen molar-refractivity contribution >= 4 is 17.9 Å². The fourth-order valence-corrected chi connectivity index (χ4v) is 7.82. The van der Waals surface area contributed by atoms with Gasteiger partial charge in [-0.15, -0.1) is 0 Å². The van der Waals surface area contributed by atoms with Crippen LogP contribution < -0.4 is 0 Å². The fraction of sp³-hybridized carbons (Fsp3) is 0.750. The van der Waals surface area contributed by atoms with Crippen LogP contribution >= 0.6 is 0 Å². The number of rotatable bonds is 50. The minimum Gasteiger partial charge on any atom is -0.462 e. The number of carbonyl (C=O) groups excluding carboxylic acids is 3.